The van der Waals surface area contributed by atoms with Crippen LogP contribution in [0.4, 0.5) is 0 Å². The van der Waals surface area contributed by atoms with Gasteiger partial charge in [0, 0.05) is 13.1 Å². The van der Waals surface area contributed by atoms with Crippen LogP contribution >= 0.6 is 24.0 Å². The summed E-state index contributed by atoms with van der Waals surface area (Å²) >= 11 is 0. The van der Waals surface area contributed by atoms with Crippen LogP contribution in [0.5, 0.6) is 0 Å². The van der Waals surface area contributed by atoms with Gasteiger partial charge in [-0.1, -0.05) is 30.3 Å². The highest BCUT2D eigenvalue weighted by Crippen LogP contribution is 2.16. The molecule has 5 nitrogen and oxygen atoms in total. The summed E-state index contributed by atoms with van der Waals surface area (Å²) in [5.41, 5.74) is 0.662. The summed E-state index contributed by atoms with van der Waals surface area (Å²) in [6.07, 6.45) is 0. The van der Waals surface area contributed by atoms with E-state index in [0.717, 1.165) is 12.5 Å². The van der Waals surface area contributed by atoms with Crippen LogP contribution in [0.3, 0.4) is 0 Å². The monoisotopic (exact) mass is 446 g/mol. The molecule has 24 heavy (non-hydrogen) atoms. The number of carbonyl (C=O) groups excluding carboxylic acids is 1. The minimum Gasteiger partial charge on any atom is -0.357 e. The lowest BCUT2D eigenvalue weighted by Gasteiger charge is -2.23. The molecule has 3 N–H and O–H groups in total. The molecule has 1 atom stereocenters. The van der Waals surface area contributed by atoms with Gasteiger partial charge in [-0.2, -0.15) is 0 Å². The lowest BCUT2D eigenvalue weighted by molar-refractivity contribution is -0.128. The van der Waals surface area contributed by atoms with Crippen molar-refractivity contribution in [3.63, 3.8) is 0 Å². The Morgan fingerprint density at radius 1 is 1.12 bits per heavy atom. The van der Waals surface area contributed by atoms with E-state index < -0.39 is 5.41 Å². The lowest BCUT2D eigenvalue weighted by Crippen LogP contribution is -2.42. The van der Waals surface area contributed by atoms with Crippen molar-refractivity contribution in [2.75, 3.05) is 19.6 Å². The van der Waals surface area contributed by atoms with Gasteiger partial charge >= 0.3 is 0 Å². The molecule has 0 radical (unpaired) electrons. The van der Waals surface area contributed by atoms with Crippen LogP contribution in [0, 0.1) is 5.41 Å². The third-order valence-electron chi connectivity index (χ3n) is 3.58. The topological polar surface area (TPSA) is 65.5 Å². The second-order valence-electron chi connectivity index (χ2n) is 6.22. The maximum atomic E-state index is 12.1. The molecule has 0 spiro atoms. The zero-order valence-electron chi connectivity index (χ0n) is 15.3. The van der Waals surface area contributed by atoms with Crippen LogP contribution in [-0.2, 0) is 4.79 Å². The largest absolute Gasteiger partial charge is 0.357 e. The summed E-state index contributed by atoms with van der Waals surface area (Å²) in [7, 11) is 0. The molecule has 1 aromatic carbocycles. The van der Waals surface area contributed by atoms with Crippen molar-refractivity contribution in [3.8, 4) is 0 Å². The molecule has 0 saturated carbocycles. The summed E-state index contributed by atoms with van der Waals surface area (Å²) in [4.78, 5) is 16.6. The summed E-state index contributed by atoms with van der Waals surface area (Å²) in [5, 5.41) is 9.48. The minimum absolute atomic E-state index is 0. The number of hydrogen-bond acceptors (Lipinski definition) is 2. The molecule has 0 aliphatic carbocycles. The second kappa shape index (κ2) is 11.3. The number of carbonyl (C=O) groups is 1. The van der Waals surface area contributed by atoms with Crippen LogP contribution in [0.1, 0.15) is 46.2 Å². The molecule has 1 unspecified atom stereocenters. The standard InChI is InChI=1S/C18H30N4O.HI/c1-6-19-16(23)18(4,5)13-21-17(20-7-2)22-14(3)15-11-9-8-10-12-15;/h8-12,14H,6-7,13H2,1-5H3,(H,19,23)(H2,20,21,22);1H. The fourth-order valence-corrected chi connectivity index (χ4v) is 2.10. The summed E-state index contributed by atoms with van der Waals surface area (Å²) in [6.45, 7) is 11.7. The van der Waals surface area contributed by atoms with Gasteiger partial charge in [-0.3, -0.25) is 9.79 Å². The summed E-state index contributed by atoms with van der Waals surface area (Å²) < 4.78 is 0. The Kier molecular flexibility index (Phi) is 10.7. The molecule has 136 valence electrons. The highest BCUT2D eigenvalue weighted by atomic mass is 127. The Balaban J connectivity index is 0.00000529. The Bertz CT molecular complexity index is 517. The van der Waals surface area contributed by atoms with Gasteiger partial charge in [0.25, 0.3) is 0 Å². The number of rotatable bonds is 7. The molecule has 0 aliphatic rings. The number of aliphatic imine (C=N–C) groups is 1. The molecule has 1 amide bonds. The van der Waals surface area contributed by atoms with Crippen molar-refractivity contribution < 1.29 is 4.79 Å². The van der Waals surface area contributed by atoms with Crippen molar-refractivity contribution in [2.45, 2.75) is 40.7 Å². The van der Waals surface area contributed by atoms with Crippen molar-refractivity contribution in [1.82, 2.24) is 16.0 Å². The third-order valence-corrected chi connectivity index (χ3v) is 3.58. The number of amides is 1. The second-order valence-corrected chi connectivity index (χ2v) is 6.22. The molecule has 6 heteroatoms. The Morgan fingerprint density at radius 3 is 2.25 bits per heavy atom. The molecule has 1 aromatic rings. The van der Waals surface area contributed by atoms with Crippen LogP contribution in [0.15, 0.2) is 35.3 Å². The zero-order valence-corrected chi connectivity index (χ0v) is 17.7. The van der Waals surface area contributed by atoms with E-state index in [1.165, 1.54) is 5.56 Å². The van der Waals surface area contributed by atoms with Gasteiger partial charge in [0.1, 0.15) is 0 Å². The SMILES string of the molecule is CCNC(=O)C(C)(C)CN=C(NCC)NC(C)c1ccccc1.I. The number of hydrogen-bond donors (Lipinski definition) is 3. The Hall–Kier alpha value is -1.31. The predicted molar refractivity (Wildman–Crippen MR) is 112 cm³/mol. The molecule has 0 fully saturated rings. The van der Waals surface area contributed by atoms with E-state index in [1.807, 2.05) is 45.9 Å². The predicted octanol–water partition coefficient (Wildman–Crippen LogP) is 3.08. The molecule has 0 bridgehead atoms. The van der Waals surface area contributed by atoms with E-state index in [0.29, 0.717) is 13.1 Å². The Morgan fingerprint density at radius 2 is 1.71 bits per heavy atom. The molecule has 0 aliphatic heterocycles. The van der Waals surface area contributed by atoms with Gasteiger partial charge in [0.05, 0.1) is 18.0 Å². The third kappa shape index (κ3) is 7.51. The highest BCUT2D eigenvalue weighted by molar-refractivity contribution is 14.0. The van der Waals surface area contributed by atoms with Crippen LogP contribution in [0.2, 0.25) is 0 Å². The molecule has 0 aromatic heterocycles. The van der Waals surface area contributed by atoms with E-state index in [1.54, 1.807) is 0 Å². The van der Waals surface area contributed by atoms with Gasteiger partial charge in [-0.15, -0.1) is 24.0 Å². The highest BCUT2D eigenvalue weighted by Gasteiger charge is 2.27. The zero-order chi connectivity index (χ0) is 17.3. The van der Waals surface area contributed by atoms with E-state index >= 15 is 0 Å². The summed E-state index contributed by atoms with van der Waals surface area (Å²) in [6, 6.07) is 10.4. The minimum atomic E-state index is -0.533. The molecule has 0 saturated heterocycles. The van der Waals surface area contributed by atoms with E-state index in [-0.39, 0.29) is 35.9 Å². The van der Waals surface area contributed by atoms with E-state index in [2.05, 4.69) is 40.0 Å². The van der Waals surface area contributed by atoms with Gasteiger partial charge in [-0.25, -0.2) is 0 Å². The number of benzene rings is 1. The number of nitrogens with one attached hydrogen (secondary N) is 3. The maximum absolute atomic E-state index is 12.1. The van der Waals surface area contributed by atoms with Gasteiger partial charge in [0.2, 0.25) is 5.91 Å². The van der Waals surface area contributed by atoms with Gasteiger partial charge in [0.15, 0.2) is 5.96 Å². The van der Waals surface area contributed by atoms with Crippen molar-refractivity contribution in [1.29, 1.82) is 0 Å². The molecular formula is C18H31IN4O. The average molecular weight is 446 g/mol. The first-order valence-electron chi connectivity index (χ1n) is 8.28. The molecular weight excluding hydrogens is 415 g/mol. The van der Waals surface area contributed by atoms with Crippen LogP contribution in [0.25, 0.3) is 0 Å². The van der Waals surface area contributed by atoms with Gasteiger partial charge < -0.3 is 16.0 Å². The quantitative estimate of drug-likeness (QED) is 0.343. The van der Waals surface area contributed by atoms with E-state index in [4.69, 9.17) is 0 Å². The van der Waals surface area contributed by atoms with Crippen LogP contribution in [-0.4, -0.2) is 31.5 Å². The fourth-order valence-electron chi connectivity index (χ4n) is 2.10. The number of halogens is 1. The average Bonchev–Trinajstić information content (AvgIpc) is 2.54. The van der Waals surface area contributed by atoms with Crippen LogP contribution < -0.4 is 16.0 Å². The van der Waals surface area contributed by atoms with Gasteiger partial charge in [-0.05, 0) is 40.2 Å². The van der Waals surface area contributed by atoms with E-state index in [9.17, 15) is 4.79 Å². The molecule has 1 rings (SSSR count). The fraction of sp³-hybridized carbons (Fsp3) is 0.556. The number of nitrogens with zero attached hydrogens (tertiary/aromatic N) is 1. The van der Waals surface area contributed by atoms with Crippen molar-refractivity contribution in [2.24, 2.45) is 10.4 Å². The normalized spacial score (nSPS) is 12.8. The van der Waals surface area contributed by atoms with Crippen molar-refractivity contribution >= 4 is 35.8 Å². The lowest BCUT2D eigenvalue weighted by atomic mass is 9.92. The first-order valence-corrected chi connectivity index (χ1v) is 8.28. The Labute approximate surface area is 163 Å². The smallest absolute Gasteiger partial charge is 0.227 e. The number of guanidine groups is 1. The maximum Gasteiger partial charge on any atom is 0.227 e. The van der Waals surface area contributed by atoms with Crippen molar-refractivity contribution in [3.05, 3.63) is 35.9 Å². The first kappa shape index (κ1) is 22.7. The summed E-state index contributed by atoms with van der Waals surface area (Å²) in [5.74, 6) is 0.747. The molecule has 0 heterocycles. The first-order chi connectivity index (χ1) is 10.9.